The van der Waals surface area contributed by atoms with E-state index >= 15 is 0 Å². The van der Waals surface area contributed by atoms with Crippen molar-refractivity contribution >= 4 is 18.3 Å². The minimum absolute atomic E-state index is 0. The molecular formula is C17H27ClN2O3. The van der Waals surface area contributed by atoms with Crippen LogP contribution in [0.3, 0.4) is 0 Å². The number of amides is 1. The molecule has 0 radical (unpaired) electrons. The molecule has 1 unspecified atom stereocenters. The van der Waals surface area contributed by atoms with Crippen LogP contribution in [0.4, 0.5) is 0 Å². The Kier molecular flexibility index (Phi) is 9.48. The number of ether oxygens (including phenoxy) is 2. The van der Waals surface area contributed by atoms with Crippen LogP contribution in [0.15, 0.2) is 24.3 Å². The number of hydrogen-bond acceptors (Lipinski definition) is 4. The van der Waals surface area contributed by atoms with Gasteiger partial charge in [-0.05, 0) is 62.5 Å². The Hall–Kier alpha value is -1.46. The summed E-state index contributed by atoms with van der Waals surface area (Å²) in [6, 6.07) is 7.36. The SMILES string of the molecule is CCCOc1ccc(OCC(=O)NCC2CCCNC2)cc1.Cl. The average molecular weight is 343 g/mol. The summed E-state index contributed by atoms with van der Waals surface area (Å²) in [5.74, 6) is 1.96. The molecule has 0 aliphatic carbocycles. The molecule has 6 heteroatoms. The fourth-order valence-electron chi connectivity index (χ4n) is 2.41. The average Bonchev–Trinajstić information content (AvgIpc) is 2.58. The quantitative estimate of drug-likeness (QED) is 0.761. The number of rotatable bonds is 8. The molecule has 130 valence electrons. The molecule has 0 bridgehead atoms. The van der Waals surface area contributed by atoms with Crippen LogP contribution in [0.1, 0.15) is 26.2 Å². The Bertz CT molecular complexity index is 448. The molecule has 1 aliphatic rings. The van der Waals surface area contributed by atoms with E-state index in [1.54, 1.807) is 0 Å². The zero-order valence-electron chi connectivity index (χ0n) is 13.7. The van der Waals surface area contributed by atoms with Crippen molar-refractivity contribution in [2.75, 3.05) is 32.8 Å². The van der Waals surface area contributed by atoms with Gasteiger partial charge in [-0.3, -0.25) is 4.79 Å². The summed E-state index contributed by atoms with van der Waals surface area (Å²) in [5, 5.41) is 6.28. The van der Waals surface area contributed by atoms with Crippen molar-refractivity contribution in [1.82, 2.24) is 10.6 Å². The van der Waals surface area contributed by atoms with Gasteiger partial charge in [0, 0.05) is 6.54 Å². The number of benzene rings is 1. The van der Waals surface area contributed by atoms with Gasteiger partial charge in [-0.15, -0.1) is 12.4 Å². The van der Waals surface area contributed by atoms with Gasteiger partial charge >= 0.3 is 0 Å². The normalized spacial score (nSPS) is 17.0. The first kappa shape index (κ1) is 19.6. The fraction of sp³-hybridized carbons (Fsp3) is 0.588. The van der Waals surface area contributed by atoms with Crippen LogP contribution in [-0.4, -0.2) is 38.8 Å². The fourth-order valence-corrected chi connectivity index (χ4v) is 2.41. The van der Waals surface area contributed by atoms with Gasteiger partial charge in [-0.25, -0.2) is 0 Å². The number of halogens is 1. The number of hydrogen-bond donors (Lipinski definition) is 2. The lowest BCUT2D eigenvalue weighted by molar-refractivity contribution is -0.123. The van der Waals surface area contributed by atoms with Gasteiger partial charge in [-0.1, -0.05) is 6.92 Å². The third-order valence-electron chi connectivity index (χ3n) is 3.65. The maximum absolute atomic E-state index is 11.8. The topological polar surface area (TPSA) is 59.6 Å². The summed E-state index contributed by atoms with van der Waals surface area (Å²) in [6.07, 6.45) is 3.34. The Morgan fingerprint density at radius 1 is 1.26 bits per heavy atom. The molecule has 1 aromatic carbocycles. The molecule has 1 aliphatic heterocycles. The molecule has 1 saturated heterocycles. The van der Waals surface area contributed by atoms with E-state index in [0.717, 1.165) is 31.8 Å². The third kappa shape index (κ3) is 7.57. The zero-order valence-corrected chi connectivity index (χ0v) is 14.5. The molecule has 0 aromatic heterocycles. The monoisotopic (exact) mass is 342 g/mol. The van der Waals surface area contributed by atoms with Gasteiger partial charge in [-0.2, -0.15) is 0 Å². The predicted octanol–water partition coefficient (Wildman–Crippen LogP) is 2.39. The van der Waals surface area contributed by atoms with E-state index in [4.69, 9.17) is 9.47 Å². The maximum atomic E-state index is 11.8. The van der Waals surface area contributed by atoms with Crippen LogP contribution in [0.25, 0.3) is 0 Å². The molecule has 1 amide bonds. The van der Waals surface area contributed by atoms with Crippen molar-refractivity contribution in [2.45, 2.75) is 26.2 Å². The Morgan fingerprint density at radius 2 is 1.96 bits per heavy atom. The van der Waals surface area contributed by atoms with Crippen LogP contribution < -0.4 is 20.1 Å². The second-order valence-electron chi connectivity index (χ2n) is 5.62. The van der Waals surface area contributed by atoms with Crippen molar-refractivity contribution in [3.63, 3.8) is 0 Å². The molecule has 1 fully saturated rings. The first-order valence-electron chi connectivity index (χ1n) is 8.11. The third-order valence-corrected chi connectivity index (χ3v) is 3.65. The van der Waals surface area contributed by atoms with E-state index in [2.05, 4.69) is 17.6 Å². The smallest absolute Gasteiger partial charge is 0.257 e. The van der Waals surface area contributed by atoms with Gasteiger partial charge in [0.05, 0.1) is 6.61 Å². The minimum atomic E-state index is -0.0723. The summed E-state index contributed by atoms with van der Waals surface area (Å²) in [7, 11) is 0. The maximum Gasteiger partial charge on any atom is 0.257 e. The highest BCUT2D eigenvalue weighted by atomic mass is 35.5. The molecule has 2 N–H and O–H groups in total. The van der Waals surface area contributed by atoms with Crippen LogP contribution in [0, 0.1) is 5.92 Å². The highest BCUT2D eigenvalue weighted by Gasteiger charge is 2.13. The summed E-state index contributed by atoms with van der Waals surface area (Å²) in [5.41, 5.74) is 0. The van der Waals surface area contributed by atoms with Crippen LogP contribution in [-0.2, 0) is 4.79 Å². The van der Waals surface area contributed by atoms with E-state index in [9.17, 15) is 4.79 Å². The predicted molar refractivity (Wildman–Crippen MR) is 93.6 cm³/mol. The summed E-state index contributed by atoms with van der Waals surface area (Å²) in [4.78, 5) is 11.8. The van der Waals surface area contributed by atoms with Gasteiger partial charge in [0.1, 0.15) is 11.5 Å². The van der Waals surface area contributed by atoms with E-state index < -0.39 is 0 Å². The molecule has 0 spiro atoms. The number of piperidine rings is 1. The van der Waals surface area contributed by atoms with E-state index in [1.807, 2.05) is 24.3 Å². The second kappa shape index (κ2) is 11.1. The van der Waals surface area contributed by atoms with Crippen LogP contribution in [0.5, 0.6) is 11.5 Å². The van der Waals surface area contributed by atoms with E-state index in [0.29, 0.717) is 18.3 Å². The largest absolute Gasteiger partial charge is 0.494 e. The van der Waals surface area contributed by atoms with Gasteiger partial charge in [0.15, 0.2) is 6.61 Å². The number of carbonyl (C=O) groups excluding carboxylic acids is 1. The van der Waals surface area contributed by atoms with Crippen molar-refractivity contribution in [2.24, 2.45) is 5.92 Å². The summed E-state index contributed by atoms with van der Waals surface area (Å²) in [6.45, 7) is 5.62. The van der Waals surface area contributed by atoms with Gasteiger partial charge in [0.2, 0.25) is 0 Å². The van der Waals surface area contributed by atoms with Crippen LogP contribution >= 0.6 is 12.4 Å². The van der Waals surface area contributed by atoms with Crippen molar-refractivity contribution in [3.05, 3.63) is 24.3 Å². The van der Waals surface area contributed by atoms with Crippen LogP contribution in [0.2, 0.25) is 0 Å². The van der Waals surface area contributed by atoms with Gasteiger partial charge < -0.3 is 20.1 Å². The lowest BCUT2D eigenvalue weighted by Crippen LogP contribution is -2.39. The first-order valence-corrected chi connectivity index (χ1v) is 8.11. The van der Waals surface area contributed by atoms with Crippen molar-refractivity contribution in [3.8, 4) is 11.5 Å². The lowest BCUT2D eigenvalue weighted by Gasteiger charge is -2.22. The molecule has 1 atom stereocenters. The number of carbonyl (C=O) groups is 1. The summed E-state index contributed by atoms with van der Waals surface area (Å²) < 4.78 is 11.0. The van der Waals surface area contributed by atoms with Gasteiger partial charge in [0.25, 0.3) is 5.91 Å². The van der Waals surface area contributed by atoms with E-state index in [-0.39, 0.29) is 24.9 Å². The molecule has 1 aromatic rings. The Balaban J connectivity index is 0.00000264. The molecule has 23 heavy (non-hydrogen) atoms. The highest BCUT2D eigenvalue weighted by molar-refractivity contribution is 5.85. The summed E-state index contributed by atoms with van der Waals surface area (Å²) >= 11 is 0. The Morgan fingerprint density at radius 3 is 2.57 bits per heavy atom. The Labute approximate surface area is 144 Å². The lowest BCUT2D eigenvalue weighted by atomic mass is 10.00. The molecular weight excluding hydrogens is 316 g/mol. The van der Waals surface area contributed by atoms with E-state index in [1.165, 1.54) is 12.8 Å². The second-order valence-corrected chi connectivity index (χ2v) is 5.62. The minimum Gasteiger partial charge on any atom is -0.494 e. The zero-order chi connectivity index (χ0) is 15.6. The van der Waals surface area contributed by atoms with Crippen molar-refractivity contribution < 1.29 is 14.3 Å². The molecule has 1 heterocycles. The van der Waals surface area contributed by atoms with Crippen molar-refractivity contribution in [1.29, 1.82) is 0 Å². The highest BCUT2D eigenvalue weighted by Crippen LogP contribution is 2.17. The molecule has 2 rings (SSSR count). The number of nitrogens with one attached hydrogen (secondary N) is 2. The molecule has 0 saturated carbocycles. The first-order chi connectivity index (χ1) is 10.8. The standard InChI is InChI=1S/C17H26N2O3.ClH/c1-2-10-21-15-5-7-16(8-6-15)22-13-17(20)19-12-14-4-3-9-18-11-14;/h5-8,14,18H,2-4,9-13H2,1H3,(H,19,20);1H. The molecule has 5 nitrogen and oxygen atoms in total.